The molecule has 0 unspecified atom stereocenters. The van der Waals surface area contributed by atoms with Crippen LogP contribution in [0, 0.1) is 0 Å². The molecule has 1 aromatic carbocycles. The fraction of sp³-hybridized carbons (Fsp3) is 0.500. The number of rotatable bonds is 4. The molecule has 2 nitrogen and oxygen atoms in total. The molecule has 0 spiro atoms. The number of nitrogens with two attached hydrogens (primary N) is 1. The number of Topliss-reactive ketones (excluding diaryl/α,β-unsaturated/α-hetero) is 1. The summed E-state index contributed by atoms with van der Waals surface area (Å²) >= 11 is 5.89. The highest BCUT2D eigenvalue weighted by Crippen LogP contribution is 2.30. The number of benzene rings is 1. The summed E-state index contributed by atoms with van der Waals surface area (Å²) < 4.78 is 0. The number of carbonyl (C=O) groups is 1. The fourth-order valence-corrected chi connectivity index (χ4v) is 2.80. The molecule has 2 N–H and O–H groups in total. The number of ketones is 1. The maximum Gasteiger partial charge on any atom is 0.139 e. The molecule has 2 rings (SSSR count). The van der Waals surface area contributed by atoms with Crippen LogP contribution in [0.15, 0.2) is 24.3 Å². The normalized spacial score (nSPS) is 18.2. The van der Waals surface area contributed by atoms with Gasteiger partial charge in [-0.05, 0) is 30.5 Å². The van der Waals surface area contributed by atoms with E-state index >= 15 is 0 Å². The van der Waals surface area contributed by atoms with Gasteiger partial charge in [-0.3, -0.25) is 4.79 Å². The maximum absolute atomic E-state index is 12.0. The lowest BCUT2D eigenvalue weighted by Gasteiger charge is -2.22. The first-order valence-corrected chi connectivity index (χ1v) is 6.50. The molecule has 1 fully saturated rings. The lowest BCUT2D eigenvalue weighted by Crippen LogP contribution is -2.39. The first-order valence-electron chi connectivity index (χ1n) is 6.12. The van der Waals surface area contributed by atoms with E-state index in [9.17, 15) is 4.79 Å². The Kier molecular flexibility index (Phi) is 3.85. The van der Waals surface area contributed by atoms with Crippen molar-refractivity contribution >= 4 is 17.4 Å². The molecule has 17 heavy (non-hydrogen) atoms. The van der Waals surface area contributed by atoms with Crippen molar-refractivity contribution < 1.29 is 4.79 Å². The first-order chi connectivity index (χ1) is 8.07. The molecule has 0 atom stereocenters. The maximum atomic E-state index is 12.0. The molecule has 0 aromatic heterocycles. The van der Waals surface area contributed by atoms with Crippen molar-refractivity contribution in [3.8, 4) is 0 Å². The monoisotopic (exact) mass is 251 g/mol. The van der Waals surface area contributed by atoms with Crippen LogP contribution in [-0.2, 0) is 11.2 Å². The van der Waals surface area contributed by atoms with E-state index in [1.54, 1.807) is 0 Å². The summed E-state index contributed by atoms with van der Waals surface area (Å²) in [4.78, 5) is 12.0. The summed E-state index contributed by atoms with van der Waals surface area (Å²) in [5, 5.41) is 0.679. The van der Waals surface area contributed by atoms with E-state index in [1.807, 2.05) is 24.3 Å². The Hall–Kier alpha value is -0.860. The summed E-state index contributed by atoms with van der Waals surface area (Å²) in [5.41, 5.74) is 6.93. The quantitative estimate of drug-likeness (QED) is 0.894. The minimum atomic E-state index is -0.240. The molecular weight excluding hydrogens is 234 g/mol. The van der Waals surface area contributed by atoms with Gasteiger partial charge in [0.2, 0.25) is 0 Å². The van der Waals surface area contributed by atoms with E-state index in [4.69, 9.17) is 17.3 Å². The van der Waals surface area contributed by atoms with Gasteiger partial charge in [0.1, 0.15) is 5.78 Å². The predicted octanol–water partition coefficient (Wildman–Crippen LogP) is 3.11. The van der Waals surface area contributed by atoms with Gasteiger partial charge in [-0.2, -0.15) is 0 Å². The second-order valence-corrected chi connectivity index (χ2v) is 5.53. The highest BCUT2D eigenvalue weighted by molar-refractivity contribution is 6.30. The largest absolute Gasteiger partial charge is 0.325 e. The molecular formula is C14H18ClNO. The van der Waals surface area contributed by atoms with Crippen LogP contribution in [0.3, 0.4) is 0 Å². The van der Waals surface area contributed by atoms with Gasteiger partial charge in [0.15, 0.2) is 0 Å². The number of hydrogen-bond acceptors (Lipinski definition) is 2. The minimum Gasteiger partial charge on any atom is -0.325 e. The van der Waals surface area contributed by atoms with E-state index in [1.165, 1.54) is 0 Å². The van der Waals surface area contributed by atoms with Crippen LogP contribution in [0.5, 0.6) is 0 Å². The van der Waals surface area contributed by atoms with Gasteiger partial charge in [-0.1, -0.05) is 36.6 Å². The topological polar surface area (TPSA) is 43.1 Å². The van der Waals surface area contributed by atoms with Gasteiger partial charge in [-0.15, -0.1) is 0 Å². The second-order valence-electron chi connectivity index (χ2n) is 5.09. The molecule has 3 heteroatoms. The van der Waals surface area contributed by atoms with Crippen molar-refractivity contribution in [2.75, 3.05) is 0 Å². The summed E-state index contributed by atoms with van der Waals surface area (Å²) in [5.74, 6) is 0.219. The molecule has 1 aromatic rings. The Morgan fingerprint density at radius 1 is 1.35 bits per heavy atom. The standard InChI is InChI=1S/C14H18ClNO/c15-12-5-3-4-11(8-12)9-13(17)10-14(16)6-1-2-7-14/h3-5,8H,1-2,6-7,9-10,16H2. The van der Waals surface area contributed by atoms with E-state index in [0.29, 0.717) is 17.9 Å². The average Bonchev–Trinajstić information content (AvgIpc) is 2.64. The van der Waals surface area contributed by atoms with Gasteiger partial charge in [-0.25, -0.2) is 0 Å². The molecule has 0 heterocycles. The van der Waals surface area contributed by atoms with Crippen LogP contribution in [-0.4, -0.2) is 11.3 Å². The molecule has 0 saturated heterocycles. The van der Waals surface area contributed by atoms with Gasteiger partial charge in [0.05, 0.1) is 0 Å². The van der Waals surface area contributed by atoms with Gasteiger partial charge >= 0.3 is 0 Å². The second kappa shape index (κ2) is 5.19. The van der Waals surface area contributed by atoms with Crippen molar-refractivity contribution in [1.82, 2.24) is 0 Å². The molecule has 1 aliphatic carbocycles. The molecule has 0 aliphatic heterocycles. The molecule has 1 saturated carbocycles. The SMILES string of the molecule is NC1(CC(=O)Cc2cccc(Cl)c2)CCCC1. The van der Waals surface area contributed by atoms with Gasteiger partial charge in [0, 0.05) is 23.4 Å². The van der Waals surface area contributed by atoms with Crippen molar-refractivity contribution in [3.05, 3.63) is 34.9 Å². The third-order valence-corrected chi connectivity index (χ3v) is 3.67. The van der Waals surface area contributed by atoms with Crippen LogP contribution in [0.2, 0.25) is 5.02 Å². The summed E-state index contributed by atoms with van der Waals surface area (Å²) in [7, 11) is 0. The van der Waals surface area contributed by atoms with Crippen molar-refractivity contribution in [3.63, 3.8) is 0 Å². The number of hydrogen-bond donors (Lipinski definition) is 1. The molecule has 0 bridgehead atoms. The number of carbonyl (C=O) groups excluding carboxylic acids is 1. The molecule has 0 amide bonds. The highest BCUT2D eigenvalue weighted by Gasteiger charge is 2.31. The van der Waals surface area contributed by atoms with Crippen LogP contribution >= 0.6 is 11.6 Å². The number of halogens is 1. The van der Waals surface area contributed by atoms with Gasteiger partial charge in [0.25, 0.3) is 0 Å². The smallest absolute Gasteiger partial charge is 0.139 e. The Labute approximate surface area is 107 Å². The Morgan fingerprint density at radius 2 is 2.06 bits per heavy atom. The zero-order valence-electron chi connectivity index (χ0n) is 9.92. The third-order valence-electron chi connectivity index (χ3n) is 3.44. The lowest BCUT2D eigenvalue weighted by molar-refractivity contribution is -0.119. The minimum absolute atomic E-state index is 0.219. The van der Waals surface area contributed by atoms with E-state index in [0.717, 1.165) is 31.2 Å². The Bertz CT molecular complexity index is 410. The van der Waals surface area contributed by atoms with Gasteiger partial charge < -0.3 is 5.73 Å². The van der Waals surface area contributed by atoms with Crippen LogP contribution in [0.25, 0.3) is 0 Å². The van der Waals surface area contributed by atoms with Crippen molar-refractivity contribution in [1.29, 1.82) is 0 Å². The fourth-order valence-electron chi connectivity index (χ4n) is 2.59. The Balaban J connectivity index is 1.93. The molecule has 1 aliphatic rings. The van der Waals surface area contributed by atoms with Crippen LogP contribution < -0.4 is 5.73 Å². The third kappa shape index (κ3) is 3.55. The Morgan fingerprint density at radius 3 is 2.71 bits per heavy atom. The van der Waals surface area contributed by atoms with E-state index in [2.05, 4.69) is 0 Å². The van der Waals surface area contributed by atoms with Crippen LogP contribution in [0.4, 0.5) is 0 Å². The predicted molar refractivity (Wildman–Crippen MR) is 70.2 cm³/mol. The lowest BCUT2D eigenvalue weighted by atomic mass is 9.90. The average molecular weight is 252 g/mol. The zero-order valence-corrected chi connectivity index (χ0v) is 10.7. The van der Waals surface area contributed by atoms with E-state index < -0.39 is 0 Å². The van der Waals surface area contributed by atoms with Crippen molar-refractivity contribution in [2.45, 2.75) is 44.1 Å². The summed E-state index contributed by atoms with van der Waals surface area (Å²) in [6, 6.07) is 7.47. The molecule has 92 valence electrons. The highest BCUT2D eigenvalue weighted by atomic mass is 35.5. The zero-order chi connectivity index (χ0) is 12.3. The van der Waals surface area contributed by atoms with Crippen molar-refractivity contribution in [2.24, 2.45) is 5.73 Å². The van der Waals surface area contributed by atoms with Crippen LogP contribution in [0.1, 0.15) is 37.7 Å². The summed E-state index contributed by atoms with van der Waals surface area (Å²) in [6.45, 7) is 0. The van der Waals surface area contributed by atoms with E-state index in [-0.39, 0.29) is 11.3 Å². The molecule has 0 radical (unpaired) electrons. The first kappa shape index (κ1) is 12.6. The summed E-state index contributed by atoms with van der Waals surface area (Å²) in [6.07, 6.45) is 5.21.